The van der Waals surface area contributed by atoms with Crippen LogP contribution in [0, 0.1) is 0 Å². The van der Waals surface area contributed by atoms with E-state index in [1.54, 1.807) is 7.11 Å². The lowest BCUT2D eigenvalue weighted by Gasteiger charge is -2.24. The monoisotopic (exact) mass is 437 g/mol. The summed E-state index contributed by atoms with van der Waals surface area (Å²) < 4.78 is 0.693. The third-order valence-corrected chi connectivity index (χ3v) is 5.66. The van der Waals surface area contributed by atoms with Crippen LogP contribution < -0.4 is 5.11 Å². The van der Waals surface area contributed by atoms with Crippen LogP contribution in [0.2, 0.25) is 0 Å². The van der Waals surface area contributed by atoms with Gasteiger partial charge in [-0.3, -0.25) is 0 Å². The van der Waals surface area contributed by atoms with E-state index in [2.05, 4.69) is 21.0 Å². The molecule has 1 aromatic rings. The number of unbranched alkanes of at least 4 members (excludes halogenated alkanes) is 13. The fraction of sp³-hybridized carbons (Fsp3) is 0.731. The van der Waals surface area contributed by atoms with Gasteiger partial charge in [-0.25, -0.2) is 9.63 Å². The van der Waals surface area contributed by atoms with Crippen LogP contribution in [0.4, 0.5) is 0 Å². The van der Waals surface area contributed by atoms with Gasteiger partial charge in [-0.2, -0.15) is 4.65 Å². The first-order valence-electron chi connectivity index (χ1n) is 12.2. The molecule has 0 aliphatic carbocycles. The van der Waals surface area contributed by atoms with E-state index in [0.717, 1.165) is 6.54 Å². The molecule has 0 aromatic heterocycles. The van der Waals surface area contributed by atoms with Gasteiger partial charge in [-0.15, -0.1) is 0 Å². The Bertz CT molecular complexity index is 560. The van der Waals surface area contributed by atoms with Crippen molar-refractivity contribution < 1.29 is 24.5 Å². The quantitative estimate of drug-likeness (QED) is 0.170. The minimum atomic E-state index is -1.18. The normalized spacial score (nSPS) is 11.1. The molecule has 5 nitrogen and oxygen atoms in total. The average molecular weight is 438 g/mol. The lowest BCUT2D eigenvalue weighted by atomic mass is 10.0. The molecule has 0 atom stereocenters. The molecule has 0 aliphatic heterocycles. The van der Waals surface area contributed by atoms with Gasteiger partial charge in [-0.1, -0.05) is 108 Å². The van der Waals surface area contributed by atoms with Gasteiger partial charge in [0.05, 0.1) is 26.8 Å². The Kier molecular flexibility index (Phi) is 18.1. The van der Waals surface area contributed by atoms with E-state index in [-0.39, 0.29) is 5.56 Å². The van der Waals surface area contributed by atoms with Crippen molar-refractivity contribution >= 4 is 5.97 Å². The summed E-state index contributed by atoms with van der Waals surface area (Å²) in [5.74, 6) is -1.62. The zero-order valence-corrected chi connectivity index (χ0v) is 20.5. The van der Waals surface area contributed by atoms with Crippen LogP contribution in [0.25, 0.3) is 0 Å². The molecule has 0 heterocycles. The number of carbonyl (C=O) groups is 1. The highest BCUT2D eigenvalue weighted by Crippen LogP contribution is 2.13. The van der Waals surface area contributed by atoms with E-state index in [9.17, 15) is 9.90 Å². The van der Waals surface area contributed by atoms with Crippen molar-refractivity contribution in [2.24, 2.45) is 0 Å². The van der Waals surface area contributed by atoms with Crippen molar-refractivity contribution in [1.82, 2.24) is 0 Å². The average Bonchev–Trinajstić information content (AvgIpc) is 2.74. The largest absolute Gasteiger partial charge is 0.872 e. The summed E-state index contributed by atoms with van der Waals surface area (Å²) in [6, 6.07) is 5.54. The summed E-state index contributed by atoms with van der Waals surface area (Å²) in [4.78, 5) is 15.6. The van der Waals surface area contributed by atoms with E-state index in [4.69, 9.17) is 9.94 Å². The molecule has 0 bridgehead atoms. The number of rotatable bonds is 17. The van der Waals surface area contributed by atoms with Crippen LogP contribution in [-0.4, -0.2) is 43.5 Å². The molecule has 0 unspecified atom stereocenters. The maximum absolute atomic E-state index is 10.7. The highest BCUT2D eigenvalue weighted by atomic mass is 16.7. The Balaban J connectivity index is 0.000000743. The Morgan fingerprint density at radius 3 is 1.61 bits per heavy atom. The summed E-state index contributed by atoms with van der Waals surface area (Å²) in [6.45, 7) is 3.42. The van der Waals surface area contributed by atoms with E-state index in [1.807, 2.05) is 0 Å². The first-order valence-corrected chi connectivity index (χ1v) is 12.2. The Hall–Kier alpha value is -1.59. The standard InChI is InChI=1S/C19H42NO.C7H6O3/c1-5-6-7-8-9-10-11-12-13-14-15-16-17-18-19-20(2,3)21-4;8-6-4-2-1-3-5(6)7(9)10/h5-19H2,1-4H3;1-4,8H,(H,9,10)/q+1;/p-1. The van der Waals surface area contributed by atoms with Gasteiger partial charge in [-0.05, 0) is 18.9 Å². The van der Waals surface area contributed by atoms with E-state index >= 15 is 0 Å². The number of para-hydroxylation sites is 1. The molecule has 1 aromatic carbocycles. The molecule has 5 heteroatoms. The molecule has 0 aliphatic rings. The predicted octanol–water partition coefficient (Wildman–Crippen LogP) is 6.56. The van der Waals surface area contributed by atoms with Crippen LogP contribution >= 0.6 is 0 Å². The zero-order valence-electron chi connectivity index (χ0n) is 20.5. The van der Waals surface area contributed by atoms with Gasteiger partial charge in [0, 0.05) is 0 Å². The Morgan fingerprint density at radius 2 is 1.26 bits per heavy atom. The van der Waals surface area contributed by atoms with Crippen LogP contribution in [0.15, 0.2) is 24.3 Å². The lowest BCUT2D eigenvalue weighted by molar-refractivity contribution is -1.07. The molecule has 0 spiro atoms. The Labute approximate surface area is 191 Å². The molecule has 0 fully saturated rings. The van der Waals surface area contributed by atoms with Crippen LogP contribution in [0.5, 0.6) is 5.75 Å². The minimum absolute atomic E-state index is 0.178. The number of hydrogen-bond donors (Lipinski definition) is 1. The van der Waals surface area contributed by atoms with E-state index in [1.165, 1.54) is 114 Å². The minimum Gasteiger partial charge on any atom is -0.872 e. The first kappa shape index (κ1) is 29.4. The summed E-state index contributed by atoms with van der Waals surface area (Å²) in [5.41, 5.74) is -0.178. The smallest absolute Gasteiger partial charge is 0.335 e. The van der Waals surface area contributed by atoms with Crippen molar-refractivity contribution in [3.8, 4) is 5.75 Å². The summed E-state index contributed by atoms with van der Waals surface area (Å²) >= 11 is 0. The number of benzene rings is 1. The molecule has 0 radical (unpaired) electrons. The number of quaternary nitrogens is 1. The van der Waals surface area contributed by atoms with Gasteiger partial charge < -0.3 is 10.2 Å². The number of carboxylic acid groups (broad SMARTS) is 1. The third-order valence-electron chi connectivity index (χ3n) is 5.66. The fourth-order valence-corrected chi connectivity index (χ4v) is 3.42. The number of carboxylic acids is 1. The second-order valence-electron chi connectivity index (χ2n) is 8.88. The van der Waals surface area contributed by atoms with Gasteiger partial charge in [0.25, 0.3) is 0 Å². The molecule has 1 N–H and O–H groups in total. The van der Waals surface area contributed by atoms with Crippen LogP contribution in [0.3, 0.4) is 0 Å². The second kappa shape index (κ2) is 19.1. The Morgan fingerprint density at radius 1 is 0.839 bits per heavy atom. The van der Waals surface area contributed by atoms with Gasteiger partial charge in [0.1, 0.15) is 6.54 Å². The van der Waals surface area contributed by atoms with E-state index in [0.29, 0.717) is 4.65 Å². The highest BCUT2D eigenvalue weighted by Gasteiger charge is 2.12. The van der Waals surface area contributed by atoms with Gasteiger partial charge in [0.15, 0.2) is 0 Å². The number of hydroxylamine groups is 3. The molecule has 180 valence electrons. The first-order chi connectivity index (χ1) is 14.8. The molecule has 1 rings (SSSR count). The number of nitrogens with zero attached hydrogens (tertiary/aromatic N) is 1. The molecule has 0 saturated heterocycles. The van der Waals surface area contributed by atoms with Gasteiger partial charge in [0.2, 0.25) is 0 Å². The summed E-state index contributed by atoms with van der Waals surface area (Å²) in [7, 11) is 6.05. The van der Waals surface area contributed by atoms with Crippen molar-refractivity contribution in [2.75, 3.05) is 27.7 Å². The van der Waals surface area contributed by atoms with Crippen molar-refractivity contribution in [2.45, 2.75) is 96.8 Å². The summed E-state index contributed by atoms with van der Waals surface area (Å²) in [6.07, 6.45) is 19.9. The second-order valence-corrected chi connectivity index (χ2v) is 8.88. The van der Waals surface area contributed by atoms with Gasteiger partial charge >= 0.3 is 5.97 Å². The molecular weight excluding hydrogens is 390 g/mol. The highest BCUT2D eigenvalue weighted by molar-refractivity contribution is 5.90. The van der Waals surface area contributed by atoms with Crippen LogP contribution in [0.1, 0.15) is 107 Å². The van der Waals surface area contributed by atoms with Crippen molar-refractivity contribution in [1.29, 1.82) is 0 Å². The van der Waals surface area contributed by atoms with Crippen molar-refractivity contribution in [3.05, 3.63) is 29.8 Å². The molecule has 0 saturated carbocycles. The number of hydrogen-bond acceptors (Lipinski definition) is 3. The molecule has 0 amide bonds. The third kappa shape index (κ3) is 17.8. The molecule has 31 heavy (non-hydrogen) atoms. The fourth-order valence-electron chi connectivity index (χ4n) is 3.42. The predicted molar refractivity (Wildman–Crippen MR) is 127 cm³/mol. The zero-order chi connectivity index (χ0) is 23.4. The number of aromatic carboxylic acids is 1. The topological polar surface area (TPSA) is 69.6 Å². The molecular formula is C26H47NO4. The SMILES string of the molecule is CCCCCCCCCCCCCCCC[N+](C)(C)OC.O=C(O)c1ccccc1[O-]. The maximum Gasteiger partial charge on any atom is 0.335 e. The van der Waals surface area contributed by atoms with Crippen LogP contribution in [-0.2, 0) is 4.84 Å². The summed E-state index contributed by atoms with van der Waals surface area (Å²) in [5, 5.41) is 19.0. The van der Waals surface area contributed by atoms with E-state index < -0.39 is 11.7 Å². The van der Waals surface area contributed by atoms with Crippen molar-refractivity contribution in [3.63, 3.8) is 0 Å². The lowest BCUT2D eigenvalue weighted by Crippen LogP contribution is -2.38. The maximum atomic E-state index is 10.7.